The van der Waals surface area contributed by atoms with E-state index in [1.165, 1.54) is 11.8 Å². The fraction of sp³-hybridized carbons (Fsp3) is 0.385. The fourth-order valence-electron chi connectivity index (χ4n) is 4.23. The molecule has 0 radical (unpaired) electrons. The van der Waals surface area contributed by atoms with E-state index in [9.17, 15) is 9.59 Å². The van der Waals surface area contributed by atoms with E-state index in [2.05, 4.69) is 34.2 Å². The van der Waals surface area contributed by atoms with Crippen LogP contribution in [0.4, 0.5) is 0 Å². The Morgan fingerprint density at radius 1 is 1.06 bits per heavy atom. The second kappa shape index (κ2) is 10.9. The third kappa shape index (κ3) is 6.28. The molecule has 3 heterocycles. The lowest BCUT2D eigenvalue weighted by Gasteiger charge is -2.32. The molecule has 33 heavy (non-hydrogen) atoms. The number of carbonyl (C=O) groups is 2. The standard InChI is InChI=1S/C26H30N4O3/c1-20-17-28-24(18-27-20)26(32)30(19-23-8-5-15-33-23)14-11-25(31)29-12-9-22(10-13-29)16-21-6-3-2-4-7-21/h2-8,15,17-18,22H,9-14,16,19H2,1H3. The van der Waals surface area contributed by atoms with Gasteiger partial charge in [-0.1, -0.05) is 30.3 Å². The Morgan fingerprint density at radius 3 is 2.52 bits per heavy atom. The predicted molar refractivity (Wildman–Crippen MR) is 124 cm³/mol. The molecule has 0 atom stereocenters. The molecule has 1 saturated heterocycles. The second-order valence-electron chi connectivity index (χ2n) is 8.61. The van der Waals surface area contributed by atoms with E-state index < -0.39 is 0 Å². The maximum atomic E-state index is 13.0. The van der Waals surface area contributed by atoms with Crippen molar-refractivity contribution in [2.75, 3.05) is 19.6 Å². The summed E-state index contributed by atoms with van der Waals surface area (Å²) in [6, 6.07) is 14.1. The van der Waals surface area contributed by atoms with Crippen LogP contribution in [0.2, 0.25) is 0 Å². The largest absolute Gasteiger partial charge is 0.467 e. The van der Waals surface area contributed by atoms with Crippen LogP contribution in [0.1, 0.15) is 46.8 Å². The molecule has 1 aliphatic rings. The van der Waals surface area contributed by atoms with Gasteiger partial charge >= 0.3 is 0 Å². The van der Waals surface area contributed by atoms with Crippen molar-refractivity contribution in [1.29, 1.82) is 0 Å². The summed E-state index contributed by atoms with van der Waals surface area (Å²) in [7, 11) is 0. The van der Waals surface area contributed by atoms with Crippen LogP contribution in [0, 0.1) is 12.8 Å². The molecule has 3 aromatic rings. The van der Waals surface area contributed by atoms with Crippen molar-refractivity contribution < 1.29 is 14.0 Å². The number of hydrogen-bond acceptors (Lipinski definition) is 5. The molecular weight excluding hydrogens is 416 g/mol. The summed E-state index contributed by atoms with van der Waals surface area (Å²) >= 11 is 0. The first kappa shape index (κ1) is 22.7. The summed E-state index contributed by atoms with van der Waals surface area (Å²) in [5.41, 5.74) is 2.37. The Balaban J connectivity index is 1.32. The fourth-order valence-corrected chi connectivity index (χ4v) is 4.23. The van der Waals surface area contributed by atoms with Crippen LogP contribution in [0.3, 0.4) is 0 Å². The quantitative estimate of drug-likeness (QED) is 0.524. The minimum Gasteiger partial charge on any atom is -0.467 e. The molecule has 0 saturated carbocycles. The summed E-state index contributed by atoms with van der Waals surface area (Å²) in [4.78, 5) is 37.9. The number of furan rings is 1. The number of rotatable bonds is 8. The highest BCUT2D eigenvalue weighted by Crippen LogP contribution is 2.22. The number of piperidine rings is 1. The van der Waals surface area contributed by atoms with Crippen molar-refractivity contribution in [2.45, 2.75) is 39.2 Å². The van der Waals surface area contributed by atoms with Gasteiger partial charge in [-0.25, -0.2) is 4.98 Å². The number of aryl methyl sites for hydroxylation is 1. The molecule has 172 valence electrons. The van der Waals surface area contributed by atoms with E-state index >= 15 is 0 Å². The van der Waals surface area contributed by atoms with Crippen molar-refractivity contribution in [3.8, 4) is 0 Å². The summed E-state index contributed by atoms with van der Waals surface area (Å²) in [6.07, 6.45) is 7.98. The van der Waals surface area contributed by atoms with Crippen molar-refractivity contribution in [3.05, 3.63) is 83.8 Å². The highest BCUT2D eigenvalue weighted by molar-refractivity contribution is 5.92. The second-order valence-corrected chi connectivity index (χ2v) is 8.61. The van der Waals surface area contributed by atoms with Gasteiger partial charge in [0.2, 0.25) is 5.91 Å². The van der Waals surface area contributed by atoms with Crippen molar-refractivity contribution in [1.82, 2.24) is 19.8 Å². The zero-order chi connectivity index (χ0) is 23.0. The Bertz CT molecular complexity index is 1030. The molecule has 1 fully saturated rings. The van der Waals surface area contributed by atoms with Gasteiger partial charge in [0.25, 0.3) is 5.91 Å². The zero-order valence-electron chi connectivity index (χ0n) is 19.0. The number of aromatic nitrogens is 2. The highest BCUT2D eigenvalue weighted by atomic mass is 16.3. The number of benzene rings is 1. The zero-order valence-corrected chi connectivity index (χ0v) is 19.0. The summed E-state index contributed by atoms with van der Waals surface area (Å²) < 4.78 is 5.43. The van der Waals surface area contributed by atoms with E-state index in [0.29, 0.717) is 18.2 Å². The molecular formula is C26H30N4O3. The third-order valence-corrected chi connectivity index (χ3v) is 6.14. The first-order chi connectivity index (χ1) is 16.1. The van der Waals surface area contributed by atoms with Crippen molar-refractivity contribution in [3.63, 3.8) is 0 Å². The average Bonchev–Trinajstić information content (AvgIpc) is 3.36. The third-order valence-electron chi connectivity index (χ3n) is 6.14. The first-order valence-corrected chi connectivity index (χ1v) is 11.5. The van der Waals surface area contributed by atoms with Crippen LogP contribution in [-0.2, 0) is 17.8 Å². The monoisotopic (exact) mass is 446 g/mol. The smallest absolute Gasteiger partial charge is 0.274 e. The van der Waals surface area contributed by atoms with Crippen molar-refractivity contribution in [2.24, 2.45) is 5.92 Å². The summed E-state index contributed by atoms with van der Waals surface area (Å²) in [5.74, 6) is 1.10. The molecule has 7 nitrogen and oxygen atoms in total. The molecule has 2 amide bonds. The Morgan fingerprint density at radius 2 is 1.85 bits per heavy atom. The maximum Gasteiger partial charge on any atom is 0.274 e. The van der Waals surface area contributed by atoms with Crippen LogP contribution in [-0.4, -0.2) is 51.2 Å². The molecule has 0 unspecified atom stereocenters. The maximum absolute atomic E-state index is 13.0. The summed E-state index contributed by atoms with van der Waals surface area (Å²) in [5, 5.41) is 0. The van der Waals surface area contributed by atoms with E-state index in [4.69, 9.17) is 4.42 Å². The van der Waals surface area contributed by atoms with Gasteiger partial charge in [-0.2, -0.15) is 0 Å². The molecule has 0 N–H and O–H groups in total. The van der Waals surface area contributed by atoms with Gasteiger partial charge < -0.3 is 14.2 Å². The Labute approximate surface area is 194 Å². The lowest BCUT2D eigenvalue weighted by atomic mass is 9.90. The average molecular weight is 447 g/mol. The topological polar surface area (TPSA) is 79.5 Å². The minimum absolute atomic E-state index is 0.0837. The van der Waals surface area contributed by atoms with Gasteiger partial charge in [0.15, 0.2) is 0 Å². The summed E-state index contributed by atoms with van der Waals surface area (Å²) in [6.45, 7) is 3.95. The number of nitrogens with zero attached hydrogens (tertiary/aromatic N) is 4. The van der Waals surface area contributed by atoms with Gasteiger partial charge in [0.1, 0.15) is 11.5 Å². The van der Waals surface area contributed by atoms with Gasteiger partial charge in [-0.15, -0.1) is 0 Å². The molecule has 0 aliphatic carbocycles. The SMILES string of the molecule is Cc1cnc(C(=O)N(CCC(=O)N2CCC(Cc3ccccc3)CC2)Cc2ccco2)cn1. The van der Waals surface area contributed by atoms with Crippen LogP contribution in [0.5, 0.6) is 0 Å². The molecule has 1 aromatic carbocycles. The number of amides is 2. The van der Waals surface area contributed by atoms with Gasteiger partial charge in [0, 0.05) is 32.3 Å². The van der Waals surface area contributed by atoms with Crippen LogP contribution >= 0.6 is 0 Å². The van der Waals surface area contributed by atoms with Gasteiger partial charge in [-0.3, -0.25) is 14.6 Å². The van der Waals surface area contributed by atoms with Crippen LogP contribution in [0.15, 0.2) is 65.5 Å². The number of hydrogen-bond donors (Lipinski definition) is 0. The van der Waals surface area contributed by atoms with E-state index in [0.717, 1.165) is 38.0 Å². The molecule has 0 spiro atoms. The Hall–Kier alpha value is -3.48. The van der Waals surface area contributed by atoms with E-state index in [-0.39, 0.29) is 30.5 Å². The molecule has 4 rings (SSSR count). The van der Waals surface area contributed by atoms with E-state index in [1.54, 1.807) is 23.4 Å². The van der Waals surface area contributed by atoms with E-state index in [1.807, 2.05) is 24.0 Å². The van der Waals surface area contributed by atoms with Crippen LogP contribution in [0.25, 0.3) is 0 Å². The lowest BCUT2D eigenvalue weighted by molar-refractivity contribution is -0.132. The number of likely N-dealkylation sites (tertiary alicyclic amines) is 1. The predicted octanol–water partition coefficient (Wildman–Crippen LogP) is 3.89. The molecule has 7 heteroatoms. The molecule has 0 bridgehead atoms. The van der Waals surface area contributed by atoms with Crippen molar-refractivity contribution >= 4 is 11.8 Å². The molecule has 1 aliphatic heterocycles. The number of carbonyl (C=O) groups excluding carboxylic acids is 2. The van der Waals surface area contributed by atoms with Gasteiger partial charge in [0.05, 0.1) is 24.7 Å². The van der Waals surface area contributed by atoms with Crippen LogP contribution < -0.4 is 0 Å². The minimum atomic E-state index is -0.256. The first-order valence-electron chi connectivity index (χ1n) is 11.5. The normalized spacial score (nSPS) is 14.3. The highest BCUT2D eigenvalue weighted by Gasteiger charge is 2.25. The molecule has 2 aromatic heterocycles. The van der Waals surface area contributed by atoms with Gasteiger partial charge in [-0.05, 0) is 49.8 Å². The lowest BCUT2D eigenvalue weighted by Crippen LogP contribution is -2.41. The Kier molecular flexibility index (Phi) is 7.50.